The zero-order valence-corrected chi connectivity index (χ0v) is 13.8. The third-order valence-electron chi connectivity index (χ3n) is 2.99. The van der Waals surface area contributed by atoms with Gasteiger partial charge in [-0.15, -0.1) is 0 Å². The summed E-state index contributed by atoms with van der Waals surface area (Å²) in [5.74, 6) is -0.630. The fourth-order valence-corrected chi connectivity index (χ4v) is 2.03. The van der Waals surface area contributed by atoms with Crippen molar-refractivity contribution in [2.75, 3.05) is 5.32 Å². The second-order valence-corrected chi connectivity index (χ2v) is 6.26. The summed E-state index contributed by atoms with van der Waals surface area (Å²) in [6.45, 7) is 5.26. The molecule has 5 nitrogen and oxygen atoms in total. The number of amides is 1. The van der Waals surface area contributed by atoms with E-state index in [1.54, 1.807) is 39.0 Å². The van der Waals surface area contributed by atoms with Crippen molar-refractivity contribution in [3.8, 4) is 0 Å². The van der Waals surface area contributed by atoms with Crippen LogP contribution in [0.4, 0.5) is 15.0 Å². The van der Waals surface area contributed by atoms with Crippen LogP contribution in [-0.4, -0.2) is 22.5 Å². The van der Waals surface area contributed by atoms with E-state index in [0.717, 1.165) is 0 Å². The number of nitrogens with one attached hydrogen (secondary N) is 1. The number of benzene rings is 1. The van der Waals surface area contributed by atoms with Gasteiger partial charge in [-0.25, -0.2) is 14.2 Å². The normalized spacial score (nSPS) is 11.0. The lowest BCUT2D eigenvalue weighted by Gasteiger charge is -2.19. The first kappa shape index (κ1) is 17.6. The average molecular weight is 330 g/mol. The summed E-state index contributed by atoms with van der Waals surface area (Å²) in [5, 5.41) is 2.51. The number of ether oxygens (including phenoxy) is 1. The highest BCUT2D eigenvalue weighted by Crippen LogP contribution is 2.14. The molecule has 126 valence electrons. The molecule has 1 N–H and O–H groups in total. The maximum atomic E-state index is 13.6. The van der Waals surface area contributed by atoms with Crippen LogP contribution in [0, 0.1) is 5.82 Å². The Morgan fingerprint density at radius 3 is 2.58 bits per heavy atom. The molecule has 0 bridgehead atoms. The molecule has 0 spiro atoms. The molecule has 24 heavy (non-hydrogen) atoms. The highest BCUT2D eigenvalue weighted by atomic mass is 19.1. The van der Waals surface area contributed by atoms with E-state index >= 15 is 0 Å². The Morgan fingerprint density at radius 2 is 1.92 bits per heavy atom. The molecule has 0 atom stereocenters. The zero-order chi connectivity index (χ0) is 17.7. The number of ketones is 1. The van der Waals surface area contributed by atoms with Gasteiger partial charge in [0, 0.05) is 12.6 Å². The molecular weight excluding hydrogens is 311 g/mol. The highest BCUT2D eigenvalue weighted by molar-refractivity contribution is 5.97. The van der Waals surface area contributed by atoms with Gasteiger partial charge in [0.15, 0.2) is 5.78 Å². The molecular formula is C18H19FN2O3. The minimum atomic E-state index is -0.632. The Hall–Kier alpha value is -2.76. The summed E-state index contributed by atoms with van der Waals surface area (Å²) in [6.07, 6.45) is 0.843. The topological polar surface area (TPSA) is 68.3 Å². The van der Waals surface area contributed by atoms with Crippen molar-refractivity contribution < 1.29 is 18.7 Å². The van der Waals surface area contributed by atoms with E-state index in [2.05, 4.69) is 10.3 Å². The summed E-state index contributed by atoms with van der Waals surface area (Å²) in [6, 6.07) is 9.02. The minimum Gasteiger partial charge on any atom is -0.444 e. The first-order chi connectivity index (χ1) is 11.2. The van der Waals surface area contributed by atoms with Crippen LogP contribution in [0.3, 0.4) is 0 Å². The lowest BCUT2D eigenvalue weighted by molar-refractivity contribution is 0.0635. The Labute approximate surface area is 139 Å². The van der Waals surface area contributed by atoms with Crippen LogP contribution in [0.15, 0.2) is 42.6 Å². The van der Waals surface area contributed by atoms with Gasteiger partial charge in [-0.2, -0.15) is 0 Å². The van der Waals surface area contributed by atoms with Gasteiger partial charge >= 0.3 is 6.09 Å². The smallest absolute Gasteiger partial charge is 0.413 e. The van der Waals surface area contributed by atoms with Gasteiger partial charge in [0.05, 0.1) is 5.56 Å². The molecule has 1 aromatic heterocycles. The van der Waals surface area contributed by atoms with Crippen LogP contribution in [0.2, 0.25) is 0 Å². The maximum Gasteiger partial charge on any atom is 0.413 e. The largest absolute Gasteiger partial charge is 0.444 e. The molecule has 1 aromatic carbocycles. The molecule has 1 amide bonds. The zero-order valence-electron chi connectivity index (χ0n) is 13.8. The van der Waals surface area contributed by atoms with Gasteiger partial charge in [-0.05, 0) is 50.6 Å². The lowest BCUT2D eigenvalue weighted by atomic mass is 10.0. The average Bonchev–Trinajstić information content (AvgIpc) is 2.45. The number of Topliss-reactive ketones (excluding diaryl/α,β-unsaturated/α-hetero) is 1. The molecule has 2 rings (SSSR count). The summed E-state index contributed by atoms with van der Waals surface area (Å²) < 4.78 is 18.8. The molecule has 0 radical (unpaired) electrons. The van der Waals surface area contributed by atoms with E-state index < -0.39 is 17.5 Å². The number of hydrogen-bond donors (Lipinski definition) is 1. The van der Waals surface area contributed by atoms with Gasteiger partial charge in [0.2, 0.25) is 0 Å². The molecule has 0 unspecified atom stereocenters. The van der Waals surface area contributed by atoms with Crippen LogP contribution in [0.25, 0.3) is 0 Å². The van der Waals surface area contributed by atoms with Gasteiger partial charge in [-0.1, -0.05) is 12.1 Å². The van der Waals surface area contributed by atoms with Crippen LogP contribution < -0.4 is 5.32 Å². The summed E-state index contributed by atoms with van der Waals surface area (Å²) in [7, 11) is 0. The summed E-state index contributed by atoms with van der Waals surface area (Å²) in [4.78, 5) is 27.9. The number of aromatic nitrogens is 1. The predicted octanol–water partition coefficient (Wildman–Crippen LogP) is 3.99. The van der Waals surface area contributed by atoms with E-state index in [4.69, 9.17) is 4.74 Å². The van der Waals surface area contributed by atoms with E-state index in [-0.39, 0.29) is 23.6 Å². The number of rotatable bonds is 4. The predicted molar refractivity (Wildman–Crippen MR) is 88.5 cm³/mol. The second-order valence-electron chi connectivity index (χ2n) is 6.26. The van der Waals surface area contributed by atoms with E-state index in [1.807, 2.05) is 0 Å². The monoisotopic (exact) mass is 330 g/mol. The standard InChI is InChI=1S/C18H19FN2O3/c1-18(2,3)24-17(23)21-16-11-12(8-9-20-16)10-15(22)13-6-4-5-7-14(13)19/h4-9,11H,10H2,1-3H3,(H,20,21,23). The third-order valence-corrected chi connectivity index (χ3v) is 2.99. The van der Waals surface area contributed by atoms with Gasteiger partial charge in [0.25, 0.3) is 0 Å². The van der Waals surface area contributed by atoms with Crippen molar-refractivity contribution in [1.29, 1.82) is 0 Å². The number of carbonyl (C=O) groups excluding carboxylic acids is 2. The SMILES string of the molecule is CC(C)(C)OC(=O)Nc1cc(CC(=O)c2ccccc2F)ccn1. The molecule has 0 aliphatic heterocycles. The summed E-state index contributed by atoms with van der Waals surface area (Å²) >= 11 is 0. The Bertz CT molecular complexity index is 754. The van der Waals surface area contributed by atoms with Crippen molar-refractivity contribution in [2.45, 2.75) is 32.8 Å². The molecule has 0 fully saturated rings. The van der Waals surface area contributed by atoms with E-state index in [1.165, 1.54) is 24.4 Å². The number of anilines is 1. The molecule has 0 saturated heterocycles. The Morgan fingerprint density at radius 1 is 1.21 bits per heavy atom. The Kier molecular flexibility index (Phi) is 5.28. The molecule has 0 aliphatic carbocycles. The van der Waals surface area contributed by atoms with Crippen LogP contribution in [0.1, 0.15) is 36.7 Å². The van der Waals surface area contributed by atoms with Crippen molar-refractivity contribution in [1.82, 2.24) is 4.98 Å². The number of halogens is 1. The summed E-state index contributed by atoms with van der Waals surface area (Å²) in [5.41, 5.74) is 0.0305. The molecule has 6 heteroatoms. The molecule has 1 heterocycles. The number of carbonyl (C=O) groups is 2. The van der Waals surface area contributed by atoms with Crippen LogP contribution >= 0.6 is 0 Å². The van der Waals surface area contributed by atoms with Crippen LogP contribution in [-0.2, 0) is 11.2 Å². The quantitative estimate of drug-likeness (QED) is 0.861. The van der Waals surface area contributed by atoms with E-state index in [0.29, 0.717) is 5.56 Å². The van der Waals surface area contributed by atoms with Crippen molar-refractivity contribution in [3.05, 3.63) is 59.5 Å². The second kappa shape index (κ2) is 7.21. The maximum absolute atomic E-state index is 13.6. The van der Waals surface area contributed by atoms with Crippen molar-refractivity contribution in [3.63, 3.8) is 0 Å². The lowest BCUT2D eigenvalue weighted by Crippen LogP contribution is -2.27. The number of pyridine rings is 1. The molecule has 0 aliphatic rings. The van der Waals surface area contributed by atoms with Gasteiger partial charge in [0.1, 0.15) is 17.2 Å². The molecule has 0 saturated carbocycles. The Balaban J connectivity index is 2.07. The third kappa shape index (κ3) is 5.15. The first-order valence-corrected chi connectivity index (χ1v) is 7.47. The highest BCUT2D eigenvalue weighted by Gasteiger charge is 2.17. The van der Waals surface area contributed by atoms with Crippen molar-refractivity contribution >= 4 is 17.7 Å². The molecule has 2 aromatic rings. The van der Waals surface area contributed by atoms with Crippen LogP contribution in [0.5, 0.6) is 0 Å². The van der Waals surface area contributed by atoms with Gasteiger partial charge < -0.3 is 4.74 Å². The first-order valence-electron chi connectivity index (χ1n) is 7.47. The number of hydrogen-bond acceptors (Lipinski definition) is 4. The fraction of sp³-hybridized carbons (Fsp3) is 0.278. The minimum absolute atomic E-state index is 0.00640. The fourth-order valence-electron chi connectivity index (χ4n) is 2.03. The van der Waals surface area contributed by atoms with E-state index in [9.17, 15) is 14.0 Å². The van der Waals surface area contributed by atoms with Crippen molar-refractivity contribution in [2.24, 2.45) is 0 Å². The van der Waals surface area contributed by atoms with Gasteiger partial charge in [-0.3, -0.25) is 10.1 Å². The number of nitrogens with zero attached hydrogens (tertiary/aromatic N) is 1.